The van der Waals surface area contributed by atoms with E-state index in [0.29, 0.717) is 6.61 Å². The Labute approximate surface area is 127 Å². The van der Waals surface area contributed by atoms with E-state index in [9.17, 15) is 0 Å². The molecule has 0 saturated heterocycles. The van der Waals surface area contributed by atoms with E-state index in [4.69, 9.17) is 13.3 Å². The first-order valence-electron chi connectivity index (χ1n) is 8.49. The third-order valence-electron chi connectivity index (χ3n) is 3.82. The second-order valence-electron chi connectivity index (χ2n) is 5.46. The van der Waals surface area contributed by atoms with Crippen molar-refractivity contribution in [3.63, 3.8) is 0 Å². The van der Waals surface area contributed by atoms with Gasteiger partial charge in [0.2, 0.25) is 0 Å². The molecule has 0 bridgehead atoms. The first-order chi connectivity index (χ1) is 9.74. The molecule has 0 unspecified atom stereocenters. The van der Waals surface area contributed by atoms with E-state index in [2.05, 4.69) is 6.92 Å². The van der Waals surface area contributed by atoms with E-state index in [1.54, 1.807) is 14.2 Å². The van der Waals surface area contributed by atoms with E-state index in [1.165, 1.54) is 57.8 Å². The van der Waals surface area contributed by atoms with Crippen molar-refractivity contribution in [2.45, 2.75) is 84.1 Å². The topological polar surface area (TPSA) is 27.7 Å². The summed E-state index contributed by atoms with van der Waals surface area (Å²) in [6.07, 6.45) is 13.5. The van der Waals surface area contributed by atoms with Crippen molar-refractivity contribution in [1.82, 2.24) is 0 Å². The van der Waals surface area contributed by atoms with Crippen molar-refractivity contribution in [2.24, 2.45) is 0 Å². The molecule has 0 aromatic carbocycles. The number of hydrogen-bond acceptors (Lipinski definition) is 3. The van der Waals surface area contributed by atoms with Gasteiger partial charge in [-0.15, -0.1) is 0 Å². The minimum absolute atomic E-state index is 0.672. The van der Waals surface area contributed by atoms with E-state index in [-0.39, 0.29) is 0 Å². The first kappa shape index (κ1) is 20.1. The standard InChI is InChI=1S/C16H36O3Si/c1-5-7-8-9-10-11-12-13-14-15-16-20(17-3,18-4)19-6-2/h5-16H2,1-4H3. The lowest BCUT2D eigenvalue weighted by Crippen LogP contribution is -2.43. The molecule has 0 aromatic rings. The quantitative estimate of drug-likeness (QED) is 0.308. The Hall–Kier alpha value is 0.0969. The van der Waals surface area contributed by atoms with Crippen molar-refractivity contribution in [2.75, 3.05) is 20.8 Å². The summed E-state index contributed by atoms with van der Waals surface area (Å²) < 4.78 is 16.7. The lowest BCUT2D eigenvalue weighted by molar-refractivity contribution is 0.103. The maximum Gasteiger partial charge on any atom is 0.500 e. The highest BCUT2D eigenvalue weighted by Crippen LogP contribution is 2.19. The Morgan fingerprint density at radius 2 is 1.10 bits per heavy atom. The van der Waals surface area contributed by atoms with Gasteiger partial charge in [0.05, 0.1) is 0 Å². The summed E-state index contributed by atoms with van der Waals surface area (Å²) in [6.45, 7) is 4.94. The van der Waals surface area contributed by atoms with Gasteiger partial charge in [0.15, 0.2) is 0 Å². The molecule has 0 fully saturated rings. The summed E-state index contributed by atoms with van der Waals surface area (Å²) in [7, 11) is 1.09. The summed E-state index contributed by atoms with van der Waals surface area (Å²) in [5, 5.41) is 0. The maximum atomic E-state index is 5.70. The Kier molecular flexibility index (Phi) is 14.1. The van der Waals surface area contributed by atoms with E-state index >= 15 is 0 Å². The van der Waals surface area contributed by atoms with Gasteiger partial charge >= 0.3 is 8.80 Å². The van der Waals surface area contributed by atoms with Crippen LogP contribution in [0.4, 0.5) is 0 Å². The van der Waals surface area contributed by atoms with Gasteiger partial charge in [-0.2, -0.15) is 0 Å². The average Bonchev–Trinajstić information content (AvgIpc) is 2.48. The molecule has 3 nitrogen and oxygen atoms in total. The van der Waals surface area contributed by atoms with Crippen molar-refractivity contribution in [3.05, 3.63) is 0 Å². The molecule has 0 aromatic heterocycles. The van der Waals surface area contributed by atoms with Crippen LogP contribution in [0, 0.1) is 0 Å². The Morgan fingerprint density at radius 3 is 1.50 bits per heavy atom. The molecule has 0 atom stereocenters. The van der Waals surface area contributed by atoms with Crippen LogP contribution >= 0.6 is 0 Å². The molecule has 0 rings (SSSR count). The molecule has 0 heterocycles. The fraction of sp³-hybridized carbons (Fsp3) is 1.00. The molecule has 0 aliphatic carbocycles. The summed E-state index contributed by atoms with van der Waals surface area (Å²) in [6, 6.07) is 0.949. The molecule has 0 amide bonds. The molecule has 4 heteroatoms. The summed E-state index contributed by atoms with van der Waals surface area (Å²) >= 11 is 0. The zero-order valence-corrected chi connectivity index (χ0v) is 15.2. The van der Waals surface area contributed by atoms with Crippen LogP contribution in [-0.4, -0.2) is 29.6 Å². The van der Waals surface area contributed by atoms with Gasteiger partial charge in [-0.05, 0) is 13.3 Å². The molecule has 0 N–H and O–H groups in total. The normalized spacial score (nSPS) is 12.0. The Balaban J connectivity index is 3.45. The van der Waals surface area contributed by atoms with Gasteiger partial charge in [-0.3, -0.25) is 0 Å². The zero-order chi connectivity index (χ0) is 15.1. The van der Waals surface area contributed by atoms with Gasteiger partial charge in [0.25, 0.3) is 0 Å². The number of hydrogen-bond donors (Lipinski definition) is 0. The second kappa shape index (κ2) is 14.1. The highest BCUT2D eigenvalue weighted by Gasteiger charge is 2.37. The summed E-state index contributed by atoms with van der Waals surface area (Å²) in [4.78, 5) is 0. The lowest BCUT2D eigenvalue weighted by Gasteiger charge is -2.25. The molecular weight excluding hydrogens is 268 g/mol. The molecule has 0 aliphatic rings. The van der Waals surface area contributed by atoms with Crippen molar-refractivity contribution in [1.29, 1.82) is 0 Å². The highest BCUT2D eigenvalue weighted by atomic mass is 28.4. The maximum absolute atomic E-state index is 5.70. The predicted molar refractivity (Wildman–Crippen MR) is 88.0 cm³/mol. The molecule has 0 spiro atoms. The lowest BCUT2D eigenvalue weighted by atomic mass is 10.1. The van der Waals surface area contributed by atoms with Gasteiger partial charge in [-0.1, -0.05) is 64.7 Å². The summed E-state index contributed by atoms with van der Waals surface area (Å²) in [5.74, 6) is 0. The first-order valence-corrected chi connectivity index (χ1v) is 10.4. The molecular formula is C16H36O3Si. The van der Waals surface area contributed by atoms with Crippen molar-refractivity contribution in [3.8, 4) is 0 Å². The third-order valence-corrected chi connectivity index (χ3v) is 6.76. The SMILES string of the molecule is CCCCCCCCCCCC[Si](OC)(OC)OCC. The Morgan fingerprint density at radius 1 is 0.650 bits per heavy atom. The van der Waals surface area contributed by atoms with Gasteiger partial charge in [-0.25, -0.2) is 0 Å². The predicted octanol–water partition coefficient (Wildman–Crippen LogP) is 5.18. The van der Waals surface area contributed by atoms with Crippen molar-refractivity contribution >= 4 is 8.80 Å². The van der Waals surface area contributed by atoms with E-state index in [1.807, 2.05) is 6.92 Å². The van der Waals surface area contributed by atoms with Crippen LogP contribution in [0.1, 0.15) is 78.1 Å². The number of rotatable bonds is 15. The smallest absolute Gasteiger partial charge is 0.377 e. The van der Waals surface area contributed by atoms with Crippen LogP contribution in [0.25, 0.3) is 0 Å². The molecule has 0 aliphatic heterocycles. The Bertz CT molecular complexity index is 196. The largest absolute Gasteiger partial charge is 0.500 e. The minimum Gasteiger partial charge on any atom is -0.377 e. The zero-order valence-electron chi connectivity index (χ0n) is 14.2. The van der Waals surface area contributed by atoms with Crippen LogP contribution in [0.3, 0.4) is 0 Å². The van der Waals surface area contributed by atoms with Gasteiger partial charge in [0, 0.05) is 26.9 Å². The monoisotopic (exact) mass is 304 g/mol. The van der Waals surface area contributed by atoms with Crippen LogP contribution in [0.5, 0.6) is 0 Å². The highest BCUT2D eigenvalue weighted by molar-refractivity contribution is 6.60. The van der Waals surface area contributed by atoms with Gasteiger partial charge < -0.3 is 13.3 Å². The van der Waals surface area contributed by atoms with Crippen LogP contribution in [0.2, 0.25) is 6.04 Å². The second-order valence-corrected chi connectivity index (χ2v) is 8.43. The average molecular weight is 305 g/mol. The minimum atomic E-state index is -2.33. The molecule has 122 valence electrons. The molecule has 20 heavy (non-hydrogen) atoms. The summed E-state index contributed by atoms with van der Waals surface area (Å²) in [5.41, 5.74) is 0. The third kappa shape index (κ3) is 9.92. The van der Waals surface area contributed by atoms with E-state index < -0.39 is 8.80 Å². The molecule has 0 saturated carbocycles. The molecule has 0 radical (unpaired) electrons. The fourth-order valence-electron chi connectivity index (χ4n) is 2.53. The fourth-order valence-corrected chi connectivity index (χ4v) is 4.60. The van der Waals surface area contributed by atoms with Crippen LogP contribution < -0.4 is 0 Å². The number of unbranched alkanes of at least 4 members (excludes halogenated alkanes) is 9. The van der Waals surface area contributed by atoms with Crippen molar-refractivity contribution < 1.29 is 13.3 Å². The van der Waals surface area contributed by atoms with E-state index in [0.717, 1.165) is 12.5 Å². The van der Waals surface area contributed by atoms with Gasteiger partial charge in [0.1, 0.15) is 0 Å². The van der Waals surface area contributed by atoms with Crippen LogP contribution in [-0.2, 0) is 13.3 Å². The van der Waals surface area contributed by atoms with Crippen LogP contribution in [0.15, 0.2) is 0 Å².